The van der Waals surface area contributed by atoms with Crippen molar-refractivity contribution in [3.05, 3.63) is 34.3 Å². The Morgan fingerprint density at radius 1 is 1.20 bits per heavy atom. The average Bonchev–Trinajstić information content (AvgIpc) is 2.74. The van der Waals surface area contributed by atoms with Crippen LogP contribution < -0.4 is 0 Å². The van der Waals surface area contributed by atoms with E-state index in [-0.39, 0.29) is 0 Å². The van der Waals surface area contributed by atoms with Crippen molar-refractivity contribution < 1.29 is 0 Å². The zero-order valence-corrected chi connectivity index (χ0v) is 10.8. The molecule has 1 aromatic carbocycles. The number of nitrogens with zero attached hydrogens (tertiary/aromatic N) is 1. The van der Waals surface area contributed by atoms with E-state index in [9.17, 15) is 0 Å². The quantitative estimate of drug-likeness (QED) is 0.805. The van der Waals surface area contributed by atoms with Gasteiger partial charge in [0.05, 0.1) is 0 Å². The van der Waals surface area contributed by atoms with Gasteiger partial charge in [0.25, 0.3) is 0 Å². The van der Waals surface area contributed by atoms with E-state index in [1.165, 1.54) is 31.2 Å². The summed E-state index contributed by atoms with van der Waals surface area (Å²) in [5.74, 6) is 0. The molecule has 0 aliphatic heterocycles. The van der Waals surface area contributed by atoms with Crippen molar-refractivity contribution in [3.8, 4) is 0 Å². The smallest absolute Gasteiger partial charge is 0.0233 e. The van der Waals surface area contributed by atoms with Crippen LogP contribution in [0.15, 0.2) is 28.7 Å². The zero-order chi connectivity index (χ0) is 10.7. The molecule has 0 amide bonds. The molecule has 1 aliphatic carbocycles. The minimum atomic E-state index is 0.814. The first-order chi connectivity index (χ1) is 7.25. The van der Waals surface area contributed by atoms with Crippen LogP contribution in [0.5, 0.6) is 0 Å². The third kappa shape index (κ3) is 3.05. The first-order valence-corrected chi connectivity index (χ1v) is 6.50. The summed E-state index contributed by atoms with van der Waals surface area (Å²) in [6.07, 6.45) is 5.59. The normalized spacial score (nSPS) is 17.5. The number of halogens is 1. The fraction of sp³-hybridized carbons (Fsp3) is 0.538. The molecule has 0 saturated heterocycles. The number of benzene rings is 1. The van der Waals surface area contributed by atoms with E-state index in [1.54, 1.807) is 0 Å². The topological polar surface area (TPSA) is 3.24 Å². The van der Waals surface area contributed by atoms with E-state index in [1.807, 2.05) is 0 Å². The van der Waals surface area contributed by atoms with Gasteiger partial charge in [-0.05, 0) is 37.6 Å². The molecule has 0 unspecified atom stereocenters. The van der Waals surface area contributed by atoms with Gasteiger partial charge in [-0.15, -0.1) is 0 Å². The highest BCUT2D eigenvalue weighted by Crippen LogP contribution is 2.23. The number of hydrogen-bond acceptors (Lipinski definition) is 1. The Kier molecular flexibility index (Phi) is 3.81. The van der Waals surface area contributed by atoms with Gasteiger partial charge in [-0.3, -0.25) is 4.90 Å². The van der Waals surface area contributed by atoms with Gasteiger partial charge in [0.1, 0.15) is 0 Å². The largest absolute Gasteiger partial charge is 0.299 e. The molecule has 0 radical (unpaired) electrons. The highest BCUT2D eigenvalue weighted by Gasteiger charge is 2.19. The van der Waals surface area contributed by atoms with E-state index >= 15 is 0 Å². The van der Waals surface area contributed by atoms with Crippen molar-refractivity contribution in [1.29, 1.82) is 0 Å². The molecule has 1 saturated carbocycles. The van der Waals surface area contributed by atoms with Gasteiger partial charge in [0.15, 0.2) is 0 Å². The predicted octanol–water partition coefficient (Wildman–Crippen LogP) is 3.82. The molecule has 0 bridgehead atoms. The molecule has 15 heavy (non-hydrogen) atoms. The Labute approximate surface area is 101 Å². The standard InChI is InChI=1S/C13H18BrN/c1-15(13-4-2-3-5-13)10-11-6-8-12(14)9-7-11/h6-9,13H,2-5,10H2,1H3. The van der Waals surface area contributed by atoms with Crippen LogP contribution in [0.25, 0.3) is 0 Å². The van der Waals surface area contributed by atoms with Crippen LogP contribution in [-0.2, 0) is 6.54 Å². The molecule has 2 rings (SSSR count). The van der Waals surface area contributed by atoms with Crippen LogP contribution in [0.3, 0.4) is 0 Å². The van der Waals surface area contributed by atoms with Crippen LogP contribution in [0.2, 0.25) is 0 Å². The maximum atomic E-state index is 3.46. The van der Waals surface area contributed by atoms with Crippen LogP contribution in [0.1, 0.15) is 31.2 Å². The van der Waals surface area contributed by atoms with Crippen molar-refractivity contribution in [3.63, 3.8) is 0 Å². The molecule has 1 aromatic rings. The second kappa shape index (κ2) is 5.13. The number of rotatable bonds is 3. The molecule has 0 spiro atoms. The summed E-state index contributed by atoms with van der Waals surface area (Å²) in [4.78, 5) is 2.50. The maximum absolute atomic E-state index is 3.46. The van der Waals surface area contributed by atoms with E-state index in [2.05, 4.69) is 52.1 Å². The van der Waals surface area contributed by atoms with Crippen molar-refractivity contribution in [2.45, 2.75) is 38.3 Å². The minimum absolute atomic E-state index is 0.814. The molecule has 1 fully saturated rings. The van der Waals surface area contributed by atoms with Crippen LogP contribution in [-0.4, -0.2) is 18.0 Å². The third-order valence-corrected chi connectivity index (χ3v) is 3.82. The molecule has 0 atom stereocenters. The predicted molar refractivity (Wildman–Crippen MR) is 67.9 cm³/mol. The first kappa shape index (κ1) is 11.2. The molecular formula is C13H18BrN. The van der Waals surface area contributed by atoms with E-state index in [0.29, 0.717) is 0 Å². The molecule has 2 heteroatoms. The fourth-order valence-corrected chi connectivity index (χ4v) is 2.62. The lowest BCUT2D eigenvalue weighted by Gasteiger charge is -2.23. The van der Waals surface area contributed by atoms with Crippen LogP contribution in [0.4, 0.5) is 0 Å². The molecule has 0 heterocycles. The van der Waals surface area contributed by atoms with E-state index < -0.39 is 0 Å². The third-order valence-electron chi connectivity index (χ3n) is 3.29. The van der Waals surface area contributed by atoms with Gasteiger partial charge < -0.3 is 0 Å². The SMILES string of the molecule is CN(Cc1ccc(Br)cc1)C1CCCC1. The second-order valence-corrected chi connectivity index (χ2v) is 5.40. The Balaban J connectivity index is 1.92. The van der Waals surface area contributed by atoms with E-state index in [4.69, 9.17) is 0 Å². The molecule has 82 valence electrons. The molecule has 1 aliphatic rings. The Morgan fingerprint density at radius 3 is 2.40 bits per heavy atom. The summed E-state index contributed by atoms with van der Waals surface area (Å²) >= 11 is 3.46. The summed E-state index contributed by atoms with van der Waals surface area (Å²) in [7, 11) is 2.25. The molecule has 0 aromatic heterocycles. The van der Waals surface area contributed by atoms with Crippen molar-refractivity contribution in [2.24, 2.45) is 0 Å². The highest BCUT2D eigenvalue weighted by atomic mass is 79.9. The van der Waals surface area contributed by atoms with Gasteiger partial charge in [0, 0.05) is 17.1 Å². The van der Waals surface area contributed by atoms with Gasteiger partial charge in [0.2, 0.25) is 0 Å². The van der Waals surface area contributed by atoms with Crippen molar-refractivity contribution >= 4 is 15.9 Å². The van der Waals surface area contributed by atoms with Gasteiger partial charge in [-0.2, -0.15) is 0 Å². The Morgan fingerprint density at radius 2 is 1.80 bits per heavy atom. The lowest BCUT2D eigenvalue weighted by Crippen LogP contribution is -2.28. The summed E-state index contributed by atoms with van der Waals surface area (Å²) in [5.41, 5.74) is 1.41. The lowest BCUT2D eigenvalue weighted by molar-refractivity contribution is 0.237. The summed E-state index contributed by atoms with van der Waals surface area (Å²) in [6, 6.07) is 9.47. The molecule has 0 N–H and O–H groups in total. The lowest BCUT2D eigenvalue weighted by atomic mass is 10.1. The van der Waals surface area contributed by atoms with E-state index in [0.717, 1.165) is 17.1 Å². The zero-order valence-electron chi connectivity index (χ0n) is 9.25. The first-order valence-electron chi connectivity index (χ1n) is 5.70. The Bertz CT molecular complexity index is 301. The monoisotopic (exact) mass is 267 g/mol. The maximum Gasteiger partial charge on any atom is 0.0233 e. The molecule has 1 nitrogen and oxygen atoms in total. The molecular weight excluding hydrogens is 250 g/mol. The number of hydrogen-bond donors (Lipinski definition) is 0. The summed E-state index contributed by atoms with van der Waals surface area (Å²) in [6.45, 7) is 1.08. The Hall–Kier alpha value is -0.340. The second-order valence-electron chi connectivity index (χ2n) is 4.48. The fourth-order valence-electron chi connectivity index (χ4n) is 2.35. The van der Waals surface area contributed by atoms with Gasteiger partial charge >= 0.3 is 0 Å². The van der Waals surface area contributed by atoms with Crippen LogP contribution in [0, 0.1) is 0 Å². The summed E-state index contributed by atoms with van der Waals surface area (Å²) in [5, 5.41) is 0. The van der Waals surface area contributed by atoms with Gasteiger partial charge in [-0.1, -0.05) is 40.9 Å². The minimum Gasteiger partial charge on any atom is -0.299 e. The van der Waals surface area contributed by atoms with Crippen molar-refractivity contribution in [1.82, 2.24) is 4.90 Å². The van der Waals surface area contributed by atoms with Crippen LogP contribution >= 0.6 is 15.9 Å². The van der Waals surface area contributed by atoms with Gasteiger partial charge in [-0.25, -0.2) is 0 Å². The summed E-state index contributed by atoms with van der Waals surface area (Å²) < 4.78 is 1.16. The average molecular weight is 268 g/mol. The van der Waals surface area contributed by atoms with Crippen molar-refractivity contribution in [2.75, 3.05) is 7.05 Å². The highest BCUT2D eigenvalue weighted by molar-refractivity contribution is 9.10.